The average molecular weight is 340 g/mol. The van der Waals surface area contributed by atoms with Crippen LogP contribution in [-0.2, 0) is 0 Å². The molecule has 0 saturated carbocycles. The lowest BCUT2D eigenvalue weighted by molar-refractivity contribution is 0.387. The minimum atomic E-state index is -0.507. The lowest BCUT2D eigenvalue weighted by Gasteiger charge is -2.15. The number of benzene rings is 2. The van der Waals surface area contributed by atoms with Crippen LogP contribution in [0, 0.1) is 29.9 Å². The molecule has 0 saturated heterocycles. The Morgan fingerprint density at radius 2 is 1.84 bits per heavy atom. The summed E-state index contributed by atoms with van der Waals surface area (Å²) >= 11 is 0. The summed E-state index contributed by atoms with van der Waals surface area (Å²) in [6, 6.07) is 9.85. The van der Waals surface area contributed by atoms with Crippen LogP contribution in [0.1, 0.15) is 36.6 Å². The number of nitrogens with zero attached hydrogens (tertiary/aromatic N) is 2. The Hall–Kier alpha value is -2.87. The smallest absolute Gasteiger partial charge is 0.167 e. The monoisotopic (exact) mass is 340 g/mol. The number of aryl methyl sites for hydroxylation is 1. The highest BCUT2D eigenvalue weighted by Crippen LogP contribution is 2.36. The summed E-state index contributed by atoms with van der Waals surface area (Å²) in [6.45, 7) is 5.61. The molecular weight excluding hydrogens is 322 g/mol. The van der Waals surface area contributed by atoms with Gasteiger partial charge in [-0.25, -0.2) is 8.78 Å². The second-order valence-electron chi connectivity index (χ2n) is 6.30. The van der Waals surface area contributed by atoms with Crippen LogP contribution in [0.5, 0.6) is 5.75 Å². The molecule has 3 nitrogen and oxygen atoms in total. The van der Waals surface area contributed by atoms with E-state index in [2.05, 4.69) is 6.07 Å². The van der Waals surface area contributed by atoms with Crippen molar-refractivity contribution < 1.29 is 13.5 Å². The van der Waals surface area contributed by atoms with Gasteiger partial charge in [-0.3, -0.25) is 0 Å². The zero-order valence-electron chi connectivity index (χ0n) is 14.5. The van der Waals surface area contributed by atoms with Gasteiger partial charge in [0.1, 0.15) is 11.9 Å². The molecule has 0 amide bonds. The molecule has 0 aliphatic rings. The standard InChI is InChI=1S/C20H18F2N2O/c1-11(2)20-15(10-23)14-8-19(25-4)17(22)9-18(14)24(20)13-5-6-16(21)12(3)7-13/h5-9,11H,1-4H3. The Morgan fingerprint density at radius 1 is 1.12 bits per heavy atom. The summed E-state index contributed by atoms with van der Waals surface area (Å²) in [5.41, 5.74) is 2.98. The lowest BCUT2D eigenvalue weighted by atomic mass is 10.0. The van der Waals surface area contributed by atoms with Crippen LogP contribution >= 0.6 is 0 Å². The molecule has 2 aromatic carbocycles. The first-order valence-corrected chi connectivity index (χ1v) is 7.97. The molecule has 0 aliphatic heterocycles. The van der Waals surface area contributed by atoms with Gasteiger partial charge >= 0.3 is 0 Å². The summed E-state index contributed by atoms with van der Waals surface area (Å²) in [4.78, 5) is 0. The van der Waals surface area contributed by atoms with Crippen LogP contribution in [-0.4, -0.2) is 11.7 Å². The fourth-order valence-electron chi connectivity index (χ4n) is 3.17. The lowest BCUT2D eigenvalue weighted by Crippen LogP contribution is -2.04. The number of hydrogen-bond donors (Lipinski definition) is 0. The van der Waals surface area contributed by atoms with Crippen molar-refractivity contribution in [1.29, 1.82) is 5.26 Å². The van der Waals surface area contributed by atoms with E-state index in [0.29, 0.717) is 27.7 Å². The molecule has 0 atom stereocenters. The van der Waals surface area contributed by atoms with Crippen molar-refractivity contribution in [2.24, 2.45) is 0 Å². The van der Waals surface area contributed by atoms with Crippen molar-refractivity contribution in [2.45, 2.75) is 26.7 Å². The van der Waals surface area contributed by atoms with Crippen LogP contribution in [0.3, 0.4) is 0 Å². The third-order valence-electron chi connectivity index (χ3n) is 4.34. The number of aromatic nitrogens is 1. The van der Waals surface area contributed by atoms with Crippen molar-refractivity contribution in [3.63, 3.8) is 0 Å². The van der Waals surface area contributed by atoms with Gasteiger partial charge < -0.3 is 9.30 Å². The van der Waals surface area contributed by atoms with Gasteiger partial charge in [-0.1, -0.05) is 13.8 Å². The van der Waals surface area contributed by atoms with Crippen LogP contribution in [0.25, 0.3) is 16.6 Å². The second kappa shape index (κ2) is 6.21. The maximum atomic E-state index is 14.3. The SMILES string of the molecule is COc1cc2c(C#N)c(C(C)C)n(-c3ccc(F)c(C)c3)c2cc1F. The average Bonchev–Trinajstić information content (AvgIpc) is 2.89. The molecular formula is C20H18F2N2O. The molecule has 5 heteroatoms. The first kappa shape index (κ1) is 17.0. The Bertz CT molecular complexity index is 1010. The number of fused-ring (bicyclic) bond motifs is 1. The second-order valence-corrected chi connectivity index (χ2v) is 6.30. The van der Waals surface area contributed by atoms with Crippen molar-refractivity contribution in [2.75, 3.05) is 7.11 Å². The van der Waals surface area contributed by atoms with E-state index >= 15 is 0 Å². The molecule has 128 valence electrons. The minimum Gasteiger partial charge on any atom is -0.494 e. The normalized spacial score (nSPS) is 11.1. The summed E-state index contributed by atoms with van der Waals surface area (Å²) in [7, 11) is 1.39. The number of methoxy groups -OCH3 is 1. The highest BCUT2D eigenvalue weighted by Gasteiger charge is 2.23. The van der Waals surface area contributed by atoms with Gasteiger partial charge in [-0.15, -0.1) is 0 Å². The largest absolute Gasteiger partial charge is 0.494 e. The topological polar surface area (TPSA) is 37.9 Å². The van der Waals surface area contributed by atoms with Crippen molar-refractivity contribution in [3.05, 3.63) is 58.8 Å². The number of halogens is 2. The fraction of sp³-hybridized carbons (Fsp3) is 0.250. The highest BCUT2D eigenvalue weighted by molar-refractivity contribution is 5.91. The molecule has 3 aromatic rings. The van der Waals surface area contributed by atoms with Crippen LogP contribution in [0.2, 0.25) is 0 Å². The molecule has 0 fully saturated rings. The van der Waals surface area contributed by atoms with Gasteiger partial charge in [0.25, 0.3) is 0 Å². The van der Waals surface area contributed by atoms with E-state index in [1.54, 1.807) is 25.1 Å². The Labute approximate surface area is 145 Å². The zero-order valence-corrected chi connectivity index (χ0v) is 14.5. The van der Waals surface area contributed by atoms with Gasteiger partial charge in [0, 0.05) is 22.8 Å². The Morgan fingerprint density at radius 3 is 2.40 bits per heavy atom. The third kappa shape index (κ3) is 2.64. The van der Waals surface area contributed by atoms with E-state index < -0.39 is 5.82 Å². The summed E-state index contributed by atoms with van der Waals surface area (Å²) in [5, 5.41) is 10.3. The van der Waals surface area contributed by atoms with E-state index in [1.165, 1.54) is 19.2 Å². The summed E-state index contributed by atoms with van der Waals surface area (Å²) in [6.07, 6.45) is 0. The van der Waals surface area contributed by atoms with E-state index in [-0.39, 0.29) is 17.5 Å². The van der Waals surface area contributed by atoms with E-state index in [4.69, 9.17) is 4.74 Å². The maximum absolute atomic E-state index is 14.3. The Balaban J connectivity index is 2.48. The fourth-order valence-corrected chi connectivity index (χ4v) is 3.17. The molecule has 1 heterocycles. The van der Waals surface area contributed by atoms with Crippen molar-refractivity contribution >= 4 is 10.9 Å². The number of rotatable bonds is 3. The van der Waals surface area contributed by atoms with Gasteiger partial charge in [0.05, 0.1) is 18.2 Å². The number of nitriles is 1. The highest BCUT2D eigenvalue weighted by atomic mass is 19.1. The molecule has 0 spiro atoms. The van der Waals surface area contributed by atoms with Crippen LogP contribution in [0.4, 0.5) is 8.78 Å². The van der Waals surface area contributed by atoms with Gasteiger partial charge in [0.15, 0.2) is 11.6 Å². The van der Waals surface area contributed by atoms with Gasteiger partial charge in [-0.05, 0) is 42.7 Å². The quantitative estimate of drug-likeness (QED) is 0.655. The summed E-state index contributed by atoms with van der Waals surface area (Å²) in [5.74, 6) is -0.708. The van der Waals surface area contributed by atoms with Crippen molar-refractivity contribution in [1.82, 2.24) is 4.57 Å². The van der Waals surface area contributed by atoms with Crippen molar-refractivity contribution in [3.8, 4) is 17.5 Å². The van der Waals surface area contributed by atoms with E-state index in [0.717, 1.165) is 5.69 Å². The first-order valence-electron chi connectivity index (χ1n) is 7.97. The van der Waals surface area contributed by atoms with E-state index in [1.807, 2.05) is 18.4 Å². The molecule has 0 radical (unpaired) electrons. The third-order valence-corrected chi connectivity index (χ3v) is 4.34. The predicted molar refractivity (Wildman–Crippen MR) is 93.3 cm³/mol. The first-order chi connectivity index (χ1) is 11.9. The minimum absolute atomic E-state index is 0.0152. The molecule has 0 unspecified atom stereocenters. The maximum Gasteiger partial charge on any atom is 0.167 e. The summed E-state index contributed by atoms with van der Waals surface area (Å²) < 4.78 is 34.9. The van der Waals surface area contributed by atoms with Gasteiger partial charge in [-0.2, -0.15) is 5.26 Å². The molecule has 0 aliphatic carbocycles. The van der Waals surface area contributed by atoms with Gasteiger partial charge in [0.2, 0.25) is 0 Å². The predicted octanol–water partition coefficient (Wildman–Crippen LogP) is 5.22. The molecule has 3 rings (SSSR count). The molecule has 1 aromatic heterocycles. The number of ether oxygens (including phenoxy) is 1. The molecule has 25 heavy (non-hydrogen) atoms. The Kier molecular flexibility index (Phi) is 4.22. The zero-order chi connectivity index (χ0) is 18.3. The molecule has 0 bridgehead atoms. The van der Waals surface area contributed by atoms with Crippen LogP contribution in [0.15, 0.2) is 30.3 Å². The molecule has 0 N–H and O–H groups in total. The number of hydrogen-bond acceptors (Lipinski definition) is 2. The van der Waals surface area contributed by atoms with E-state index in [9.17, 15) is 14.0 Å². The van der Waals surface area contributed by atoms with Crippen LogP contribution < -0.4 is 4.74 Å².